The Labute approximate surface area is 113 Å². The molecule has 5 heteroatoms. The van der Waals surface area contributed by atoms with E-state index in [2.05, 4.69) is 34.3 Å². The smallest absolute Gasteiger partial charge is 0.228 e. The number of aromatic nitrogens is 3. The molecule has 2 rings (SSSR count). The summed E-state index contributed by atoms with van der Waals surface area (Å²) in [6.45, 7) is 4.35. The van der Waals surface area contributed by atoms with Crippen molar-refractivity contribution < 1.29 is 4.52 Å². The molecule has 1 N–H and O–H groups in total. The molecule has 0 saturated heterocycles. The lowest BCUT2D eigenvalue weighted by molar-refractivity contribution is 0.333. The molecule has 2 aromatic heterocycles. The number of hydrogen-bond donors (Lipinski definition) is 1. The largest absolute Gasteiger partial charge is 0.339 e. The lowest BCUT2D eigenvalue weighted by Gasteiger charge is -2.17. The van der Waals surface area contributed by atoms with Crippen molar-refractivity contribution in [3.05, 3.63) is 41.8 Å². The van der Waals surface area contributed by atoms with Crippen molar-refractivity contribution in [3.63, 3.8) is 0 Å². The summed E-state index contributed by atoms with van der Waals surface area (Å²) in [5.41, 5.74) is 1.09. The molecule has 19 heavy (non-hydrogen) atoms. The molecule has 1 unspecified atom stereocenters. The van der Waals surface area contributed by atoms with Crippen LogP contribution in [-0.4, -0.2) is 28.2 Å². The van der Waals surface area contributed by atoms with E-state index in [0.29, 0.717) is 30.1 Å². The fourth-order valence-electron chi connectivity index (χ4n) is 1.99. The fraction of sp³-hybridized carbons (Fsp3) is 0.500. The van der Waals surface area contributed by atoms with Crippen LogP contribution in [0.4, 0.5) is 0 Å². The van der Waals surface area contributed by atoms with Gasteiger partial charge in [0.05, 0.1) is 0 Å². The van der Waals surface area contributed by atoms with E-state index in [1.807, 2.05) is 25.4 Å². The Kier molecular flexibility index (Phi) is 4.63. The molecular formula is C14H20N4O. The fourth-order valence-corrected chi connectivity index (χ4v) is 1.99. The number of nitrogens with zero attached hydrogens (tertiary/aromatic N) is 3. The van der Waals surface area contributed by atoms with Gasteiger partial charge < -0.3 is 9.84 Å². The summed E-state index contributed by atoms with van der Waals surface area (Å²) in [5, 5.41) is 7.29. The van der Waals surface area contributed by atoms with E-state index < -0.39 is 0 Å². The molecule has 0 aromatic carbocycles. The highest BCUT2D eigenvalue weighted by atomic mass is 16.5. The second kappa shape index (κ2) is 6.43. The summed E-state index contributed by atoms with van der Waals surface area (Å²) in [6.07, 6.45) is 4.99. The van der Waals surface area contributed by atoms with Crippen LogP contribution in [0.3, 0.4) is 0 Å². The van der Waals surface area contributed by atoms with Crippen molar-refractivity contribution in [1.82, 2.24) is 20.4 Å². The summed E-state index contributed by atoms with van der Waals surface area (Å²) in [4.78, 5) is 8.51. The Morgan fingerprint density at radius 2 is 2.21 bits per heavy atom. The van der Waals surface area contributed by atoms with Gasteiger partial charge in [-0.1, -0.05) is 25.1 Å². The molecule has 0 aliphatic carbocycles. The average Bonchev–Trinajstić information content (AvgIpc) is 2.84. The first-order valence-electron chi connectivity index (χ1n) is 6.56. The van der Waals surface area contributed by atoms with E-state index >= 15 is 0 Å². The molecule has 0 spiro atoms. The maximum atomic E-state index is 5.30. The van der Waals surface area contributed by atoms with Crippen molar-refractivity contribution in [2.75, 3.05) is 7.05 Å². The van der Waals surface area contributed by atoms with Crippen molar-refractivity contribution in [2.45, 2.75) is 32.7 Å². The molecule has 1 atom stereocenters. The van der Waals surface area contributed by atoms with Crippen LogP contribution in [0.2, 0.25) is 0 Å². The molecular weight excluding hydrogens is 240 g/mol. The van der Waals surface area contributed by atoms with Gasteiger partial charge in [0, 0.05) is 31.3 Å². The van der Waals surface area contributed by atoms with Crippen LogP contribution in [0, 0.1) is 5.92 Å². The highest BCUT2D eigenvalue weighted by molar-refractivity contribution is 5.13. The highest BCUT2D eigenvalue weighted by Crippen LogP contribution is 2.10. The topological polar surface area (TPSA) is 63.8 Å². The highest BCUT2D eigenvalue weighted by Gasteiger charge is 2.16. The minimum atomic E-state index is 0.353. The van der Waals surface area contributed by atoms with Crippen LogP contribution in [0.1, 0.15) is 31.1 Å². The van der Waals surface area contributed by atoms with Gasteiger partial charge in [-0.05, 0) is 24.6 Å². The minimum absolute atomic E-state index is 0.353. The normalized spacial score (nSPS) is 12.8. The molecule has 0 radical (unpaired) electrons. The summed E-state index contributed by atoms with van der Waals surface area (Å²) in [7, 11) is 1.96. The van der Waals surface area contributed by atoms with Gasteiger partial charge in [-0.25, -0.2) is 0 Å². The number of nitrogens with one attached hydrogen (secondary N) is 1. The third kappa shape index (κ3) is 3.86. The monoisotopic (exact) mass is 260 g/mol. The molecule has 0 saturated carbocycles. The van der Waals surface area contributed by atoms with E-state index in [4.69, 9.17) is 4.52 Å². The number of pyridine rings is 1. The summed E-state index contributed by atoms with van der Waals surface area (Å²) in [5.74, 6) is 1.92. The zero-order chi connectivity index (χ0) is 13.7. The predicted octanol–water partition coefficient (Wildman–Crippen LogP) is 1.84. The molecule has 0 fully saturated rings. The summed E-state index contributed by atoms with van der Waals surface area (Å²) >= 11 is 0. The Hall–Kier alpha value is -1.75. The lowest BCUT2D eigenvalue weighted by atomic mass is 10.0. The summed E-state index contributed by atoms with van der Waals surface area (Å²) < 4.78 is 5.30. The Balaban J connectivity index is 1.99. The van der Waals surface area contributed by atoms with Gasteiger partial charge in [-0.3, -0.25) is 4.98 Å². The number of likely N-dealkylation sites (N-methyl/N-ethyl adjacent to an activating group) is 1. The van der Waals surface area contributed by atoms with Gasteiger partial charge in [-0.15, -0.1) is 0 Å². The Morgan fingerprint density at radius 3 is 2.84 bits per heavy atom. The zero-order valence-corrected chi connectivity index (χ0v) is 11.6. The van der Waals surface area contributed by atoms with E-state index in [-0.39, 0.29) is 0 Å². The Morgan fingerprint density at radius 1 is 1.37 bits per heavy atom. The Bertz CT molecular complexity index is 495. The first-order chi connectivity index (χ1) is 9.19. The first-order valence-corrected chi connectivity index (χ1v) is 6.56. The van der Waals surface area contributed by atoms with E-state index in [9.17, 15) is 0 Å². The molecule has 2 heterocycles. The minimum Gasteiger partial charge on any atom is -0.339 e. The third-order valence-electron chi connectivity index (χ3n) is 3.17. The van der Waals surface area contributed by atoms with Crippen LogP contribution in [0.25, 0.3) is 0 Å². The molecule has 0 aliphatic heterocycles. The van der Waals surface area contributed by atoms with Crippen molar-refractivity contribution in [3.8, 4) is 0 Å². The van der Waals surface area contributed by atoms with Crippen LogP contribution in [-0.2, 0) is 12.8 Å². The van der Waals surface area contributed by atoms with Crippen molar-refractivity contribution in [1.29, 1.82) is 0 Å². The average molecular weight is 260 g/mol. The maximum absolute atomic E-state index is 5.30. The molecule has 0 aliphatic rings. The standard InChI is InChI=1S/C14H20N4O/c1-10(2)12(15-3)8-14-17-13(18-19-14)7-11-5-4-6-16-9-11/h4-6,9-10,12,15H,7-8H2,1-3H3. The van der Waals surface area contributed by atoms with Gasteiger partial charge in [0.2, 0.25) is 5.89 Å². The van der Waals surface area contributed by atoms with Gasteiger partial charge in [0.25, 0.3) is 0 Å². The van der Waals surface area contributed by atoms with E-state index in [1.165, 1.54) is 0 Å². The number of rotatable bonds is 6. The lowest BCUT2D eigenvalue weighted by Crippen LogP contribution is -2.32. The summed E-state index contributed by atoms with van der Waals surface area (Å²) in [6, 6.07) is 4.27. The van der Waals surface area contributed by atoms with Gasteiger partial charge in [0.15, 0.2) is 5.82 Å². The second-order valence-electron chi connectivity index (χ2n) is 4.99. The van der Waals surface area contributed by atoms with Crippen LogP contribution in [0.5, 0.6) is 0 Å². The van der Waals surface area contributed by atoms with E-state index in [0.717, 1.165) is 12.0 Å². The first kappa shape index (κ1) is 13.7. The van der Waals surface area contributed by atoms with Crippen LogP contribution < -0.4 is 5.32 Å². The van der Waals surface area contributed by atoms with Gasteiger partial charge in [-0.2, -0.15) is 4.98 Å². The number of hydrogen-bond acceptors (Lipinski definition) is 5. The molecule has 102 valence electrons. The molecule has 2 aromatic rings. The van der Waals surface area contributed by atoms with Crippen molar-refractivity contribution in [2.24, 2.45) is 5.92 Å². The molecule has 0 bridgehead atoms. The van der Waals surface area contributed by atoms with Gasteiger partial charge in [0.1, 0.15) is 0 Å². The zero-order valence-electron chi connectivity index (χ0n) is 11.6. The van der Waals surface area contributed by atoms with Gasteiger partial charge >= 0.3 is 0 Å². The maximum Gasteiger partial charge on any atom is 0.228 e. The SMILES string of the molecule is CNC(Cc1nc(Cc2cccnc2)no1)C(C)C. The predicted molar refractivity (Wildman–Crippen MR) is 72.7 cm³/mol. The molecule has 5 nitrogen and oxygen atoms in total. The van der Waals surface area contributed by atoms with Crippen LogP contribution >= 0.6 is 0 Å². The third-order valence-corrected chi connectivity index (χ3v) is 3.17. The van der Waals surface area contributed by atoms with E-state index in [1.54, 1.807) is 6.20 Å². The van der Waals surface area contributed by atoms with Crippen LogP contribution in [0.15, 0.2) is 29.0 Å². The second-order valence-corrected chi connectivity index (χ2v) is 4.99. The quantitative estimate of drug-likeness (QED) is 0.858. The van der Waals surface area contributed by atoms with Crippen molar-refractivity contribution >= 4 is 0 Å². The molecule has 0 amide bonds.